The number of hydrogen-bond donors (Lipinski definition) is 9. The minimum Gasteiger partial charge on any atom is -0.394 e. The molecule has 0 saturated carbocycles. The predicted octanol–water partition coefficient (Wildman–Crippen LogP) is 16.5. The highest BCUT2D eigenvalue weighted by molar-refractivity contribution is 5.76. The van der Waals surface area contributed by atoms with Gasteiger partial charge >= 0.3 is 0 Å². The minimum atomic E-state index is -1.79. The molecule has 12 atom stereocenters. The largest absolute Gasteiger partial charge is 0.394 e. The number of allylic oxidation sites excluding steroid dienone is 19. The van der Waals surface area contributed by atoms with E-state index in [0.29, 0.717) is 6.42 Å². The zero-order chi connectivity index (χ0) is 68.0. The normalized spacial score (nSPS) is 23.2. The Morgan fingerprint density at radius 1 is 0.394 bits per heavy atom. The van der Waals surface area contributed by atoms with Crippen LogP contribution in [0.1, 0.15) is 284 Å². The van der Waals surface area contributed by atoms with Crippen molar-refractivity contribution >= 4 is 5.91 Å². The lowest BCUT2D eigenvalue weighted by Gasteiger charge is -2.46. The molecule has 14 heteroatoms. The predicted molar refractivity (Wildman–Crippen MR) is 387 cm³/mol. The fourth-order valence-electron chi connectivity index (χ4n) is 11.7. The second-order valence-electron chi connectivity index (χ2n) is 26.0. The number of aliphatic hydroxyl groups is 8. The molecule has 0 spiro atoms. The standard InChI is InChI=1S/C80H137NO13/c1-3-5-7-9-11-13-15-17-19-21-23-25-26-27-28-29-30-31-32-33-34-35-36-37-38-39-40-41-42-44-46-48-50-52-54-56-58-60-62-64-72(85)81-68(69(84)63-61-59-57-55-53-51-49-47-45-43-24-22-20-18-16-14-12-10-8-6-4-2)67-91-79-77(90)75(88)78(71(66-83)93-79)94-80-76(89)74(87)73(86)70(65-82)92-80/h5,7,11,13,17,19,23,25,27-28,30-31,33-34,36-37,39-40,61,63,68-71,73-80,82-84,86-90H,3-4,6,8-10,12,14-16,18,20-22,24,26,29,32,35,38,41-60,62,64-67H2,1-2H3,(H,81,85)/b7-5-,13-11-,19-17-,25-23-,28-27-,31-30-,34-33-,37-36-,40-39-,63-61+. The summed E-state index contributed by atoms with van der Waals surface area (Å²) in [6, 6.07) is -0.925. The van der Waals surface area contributed by atoms with Crippen molar-refractivity contribution in [1.82, 2.24) is 5.32 Å². The number of carbonyl (C=O) groups excluding carboxylic acids is 1. The van der Waals surface area contributed by atoms with Crippen molar-refractivity contribution in [1.29, 1.82) is 0 Å². The first-order valence-electron chi connectivity index (χ1n) is 37.8. The highest BCUT2D eigenvalue weighted by Gasteiger charge is 2.51. The van der Waals surface area contributed by atoms with Gasteiger partial charge in [0.15, 0.2) is 12.6 Å². The van der Waals surface area contributed by atoms with Crippen LogP contribution in [-0.2, 0) is 23.7 Å². The van der Waals surface area contributed by atoms with Gasteiger partial charge in [-0.15, -0.1) is 0 Å². The van der Waals surface area contributed by atoms with Crippen LogP contribution in [0.25, 0.3) is 0 Å². The summed E-state index contributed by atoms with van der Waals surface area (Å²) in [5.41, 5.74) is 0. The Bertz CT molecular complexity index is 2040. The van der Waals surface area contributed by atoms with Crippen molar-refractivity contribution < 1.29 is 64.6 Å². The first kappa shape index (κ1) is 86.5. The number of ether oxygens (including phenoxy) is 4. The second kappa shape index (κ2) is 62.9. The summed E-state index contributed by atoms with van der Waals surface area (Å²) >= 11 is 0. The number of rotatable bonds is 61. The minimum absolute atomic E-state index is 0.245. The van der Waals surface area contributed by atoms with Gasteiger partial charge in [0, 0.05) is 6.42 Å². The number of carbonyl (C=O) groups is 1. The first-order valence-corrected chi connectivity index (χ1v) is 37.8. The van der Waals surface area contributed by atoms with E-state index in [4.69, 9.17) is 18.9 Å². The topological polar surface area (TPSA) is 228 Å². The van der Waals surface area contributed by atoms with Crippen LogP contribution in [0.4, 0.5) is 0 Å². The van der Waals surface area contributed by atoms with Gasteiger partial charge in [-0.25, -0.2) is 0 Å². The Balaban J connectivity index is 1.63. The fourth-order valence-corrected chi connectivity index (χ4v) is 11.7. The molecule has 14 nitrogen and oxygen atoms in total. The second-order valence-corrected chi connectivity index (χ2v) is 26.0. The smallest absolute Gasteiger partial charge is 0.220 e. The van der Waals surface area contributed by atoms with E-state index >= 15 is 0 Å². The van der Waals surface area contributed by atoms with Gasteiger partial charge in [-0.2, -0.15) is 0 Å². The first-order chi connectivity index (χ1) is 46.1. The van der Waals surface area contributed by atoms with Gasteiger partial charge in [-0.05, 0) is 89.9 Å². The number of nitrogens with one attached hydrogen (secondary N) is 1. The lowest BCUT2D eigenvalue weighted by atomic mass is 9.97. The average Bonchev–Trinajstić information content (AvgIpc) is 0.794. The average molecular weight is 1320 g/mol. The molecule has 94 heavy (non-hydrogen) atoms. The van der Waals surface area contributed by atoms with Crippen LogP contribution >= 0.6 is 0 Å². The van der Waals surface area contributed by atoms with E-state index in [0.717, 1.165) is 103 Å². The van der Waals surface area contributed by atoms with Crippen molar-refractivity contribution in [2.45, 2.75) is 357 Å². The van der Waals surface area contributed by atoms with Crippen LogP contribution in [0.3, 0.4) is 0 Å². The summed E-state index contributed by atoms with van der Waals surface area (Å²) in [5.74, 6) is -0.245. The van der Waals surface area contributed by atoms with E-state index in [1.165, 1.54) is 154 Å². The molecular weight excluding hydrogens is 1180 g/mol. The molecule has 0 bridgehead atoms. The number of unbranched alkanes of at least 4 members (excludes halogenated alkanes) is 30. The van der Waals surface area contributed by atoms with Gasteiger partial charge < -0.3 is 65.1 Å². The number of aliphatic hydroxyl groups excluding tert-OH is 8. The summed E-state index contributed by atoms with van der Waals surface area (Å²) in [4.78, 5) is 13.4. The lowest BCUT2D eigenvalue weighted by Crippen LogP contribution is -2.65. The van der Waals surface area contributed by atoms with Crippen molar-refractivity contribution in [2.75, 3.05) is 19.8 Å². The summed E-state index contributed by atoms with van der Waals surface area (Å²) in [6.07, 6.45) is 75.4. The van der Waals surface area contributed by atoms with Crippen molar-refractivity contribution in [2.24, 2.45) is 0 Å². The molecule has 2 heterocycles. The van der Waals surface area contributed by atoms with Crippen LogP contribution in [0.15, 0.2) is 122 Å². The quantitative estimate of drug-likeness (QED) is 0.0204. The van der Waals surface area contributed by atoms with Gasteiger partial charge in [0.05, 0.1) is 32.0 Å². The molecule has 0 radical (unpaired) electrons. The molecule has 12 unspecified atom stereocenters. The van der Waals surface area contributed by atoms with Gasteiger partial charge in [0.1, 0.15) is 48.8 Å². The monoisotopic (exact) mass is 1320 g/mol. The Morgan fingerprint density at radius 2 is 0.734 bits per heavy atom. The summed E-state index contributed by atoms with van der Waals surface area (Å²) in [6.45, 7) is 2.70. The maximum Gasteiger partial charge on any atom is 0.220 e. The molecule has 9 N–H and O–H groups in total. The summed E-state index contributed by atoms with van der Waals surface area (Å²) in [5, 5.41) is 87.5. The van der Waals surface area contributed by atoms with Gasteiger partial charge in [0.2, 0.25) is 5.91 Å². The van der Waals surface area contributed by atoms with E-state index in [9.17, 15) is 45.6 Å². The van der Waals surface area contributed by atoms with Crippen LogP contribution in [0, 0.1) is 0 Å². The lowest BCUT2D eigenvalue weighted by molar-refractivity contribution is -0.359. The van der Waals surface area contributed by atoms with Gasteiger partial charge in [-0.1, -0.05) is 309 Å². The molecule has 2 saturated heterocycles. The molecule has 540 valence electrons. The van der Waals surface area contributed by atoms with Crippen LogP contribution < -0.4 is 5.32 Å². The third kappa shape index (κ3) is 45.8. The third-order valence-electron chi connectivity index (χ3n) is 17.7. The highest BCUT2D eigenvalue weighted by atomic mass is 16.7. The van der Waals surface area contributed by atoms with Gasteiger partial charge in [-0.3, -0.25) is 4.79 Å². The maximum atomic E-state index is 13.4. The molecule has 1 amide bonds. The Labute approximate surface area is 571 Å². The van der Waals surface area contributed by atoms with E-state index < -0.39 is 86.8 Å². The van der Waals surface area contributed by atoms with E-state index in [-0.39, 0.29) is 18.9 Å². The molecule has 0 aromatic carbocycles. The zero-order valence-corrected chi connectivity index (χ0v) is 58.9. The van der Waals surface area contributed by atoms with Crippen LogP contribution in [0.5, 0.6) is 0 Å². The summed E-state index contributed by atoms with van der Waals surface area (Å²) < 4.78 is 22.9. The molecule has 2 fully saturated rings. The zero-order valence-electron chi connectivity index (χ0n) is 58.9. The Kier molecular flexibility index (Phi) is 57.8. The highest BCUT2D eigenvalue weighted by Crippen LogP contribution is 2.30. The molecule has 0 aromatic rings. The maximum absolute atomic E-state index is 13.4. The fraction of sp³-hybridized carbons (Fsp3) is 0.738. The molecule has 2 rings (SSSR count). The molecule has 0 aliphatic carbocycles. The van der Waals surface area contributed by atoms with Crippen LogP contribution in [0.2, 0.25) is 0 Å². The van der Waals surface area contributed by atoms with Crippen LogP contribution in [-0.4, -0.2) is 140 Å². The van der Waals surface area contributed by atoms with E-state index in [1.807, 2.05) is 6.08 Å². The van der Waals surface area contributed by atoms with Crippen molar-refractivity contribution in [3.8, 4) is 0 Å². The molecular formula is C80H137NO13. The van der Waals surface area contributed by atoms with Gasteiger partial charge in [0.25, 0.3) is 0 Å². The third-order valence-corrected chi connectivity index (χ3v) is 17.7. The molecule has 0 aromatic heterocycles. The SMILES string of the molecule is CC/C=C\C/C=C\C/C=C\C/C=C\C/C=C\C/C=C\C/C=C\C/C=C\C/C=C\CCCCCCCCCCCCCC(=O)NC(COC1OC(CO)C(OC2OC(CO)C(O)C(O)C2O)C(O)C1O)C(O)/C=C/CCCCCCCCCCCCCCCCCCCCC. The Morgan fingerprint density at radius 3 is 1.13 bits per heavy atom. The number of amides is 1. The van der Waals surface area contributed by atoms with Crippen molar-refractivity contribution in [3.05, 3.63) is 122 Å². The van der Waals surface area contributed by atoms with Crippen molar-refractivity contribution in [3.63, 3.8) is 0 Å². The van der Waals surface area contributed by atoms with E-state index in [1.54, 1.807) is 6.08 Å². The Hall–Kier alpha value is -3.61. The number of hydrogen-bond acceptors (Lipinski definition) is 13. The molecule has 2 aliphatic heterocycles. The van der Waals surface area contributed by atoms with E-state index in [2.05, 4.69) is 129 Å². The summed E-state index contributed by atoms with van der Waals surface area (Å²) in [7, 11) is 0. The molecule has 2 aliphatic rings.